The number of rotatable bonds is 5. The molecule has 0 bridgehead atoms. The van der Waals surface area contributed by atoms with E-state index in [4.69, 9.17) is 9.15 Å². The van der Waals surface area contributed by atoms with Crippen LogP contribution in [-0.4, -0.2) is 19.9 Å². The third kappa shape index (κ3) is 3.28. The maximum Gasteiger partial charge on any atom is 0.419 e. The number of benzene rings is 1. The highest BCUT2D eigenvalue weighted by Gasteiger charge is 2.12. The minimum absolute atomic E-state index is 0.00275. The molecule has 0 N–H and O–H groups in total. The fourth-order valence-corrected chi connectivity index (χ4v) is 3.72. The highest BCUT2D eigenvalue weighted by atomic mass is 32.1. The number of thiazole rings is 1. The summed E-state index contributed by atoms with van der Waals surface area (Å²) in [5, 5.41) is 1.84. The summed E-state index contributed by atoms with van der Waals surface area (Å²) in [6, 6.07) is 8.36. The lowest BCUT2D eigenvalue weighted by Gasteiger charge is -2.05. The van der Waals surface area contributed by atoms with Gasteiger partial charge >= 0.3 is 11.7 Å². The van der Waals surface area contributed by atoms with Crippen LogP contribution in [0.15, 0.2) is 49.7 Å². The molecule has 4 aromatic rings. The summed E-state index contributed by atoms with van der Waals surface area (Å²) in [5.74, 6) is -1.01. The summed E-state index contributed by atoms with van der Waals surface area (Å²) in [6.07, 6.45) is 0.00275. The number of hydrogen-bond acceptors (Lipinski definition) is 7. The molecule has 8 nitrogen and oxygen atoms in total. The van der Waals surface area contributed by atoms with E-state index in [2.05, 4.69) is 4.98 Å². The minimum atomic E-state index is -0.516. The molecular weight excluding hydrogens is 370 g/mol. The largest absolute Gasteiger partial charge is 0.459 e. The molecule has 9 heteroatoms. The number of oxazole rings is 1. The fraction of sp³-hybridized carbons (Fsp3) is 0.222. The molecule has 0 fully saturated rings. The Labute approximate surface area is 156 Å². The van der Waals surface area contributed by atoms with Crippen LogP contribution in [0.1, 0.15) is 17.8 Å². The first-order valence-electron chi connectivity index (χ1n) is 8.24. The number of ether oxygens (including phenoxy) is 1. The van der Waals surface area contributed by atoms with Crippen LogP contribution in [0, 0.1) is 6.92 Å². The molecule has 0 atom stereocenters. The molecule has 0 saturated heterocycles. The number of aryl methyl sites for hydroxylation is 2. The lowest BCUT2D eigenvalue weighted by Crippen LogP contribution is -2.18. The smallest absolute Gasteiger partial charge is 0.419 e. The van der Waals surface area contributed by atoms with E-state index in [-0.39, 0.29) is 25.1 Å². The highest BCUT2D eigenvalue weighted by Crippen LogP contribution is 2.13. The van der Waals surface area contributed by atoms with Gasteiger partial charge in [0, 0.05) is 23.7 Å². The molecule has 27 heavy (non-hydrogen) atoms. The number of carbonyl (C=O) groups is 1. The number of aromatic nitrogens is 3. The van der Waals surface area contributed by atoms with Gasteiger partial charge in [0.1, 0.15) is 6.61 Å². The lowest BCUT2D eigenvalue weighted by atomic mass is 10.3. The Morgan fingerprint density at radius 2 is 2.11 bits per heavy atom. The first-order valence-corrected chi connectivity index (χ1v) is 9.11. The van der Waals surface area contributed by atoms with E-state index in [0.29, 0.717) is 21.8 Å². The zero-order chi connectivity index (χ0) is 19.0. The van der Waals surface area contributed by atoms with Crippen LogP contribution >= 0.6 is 11.3 Å². The first-order chi connectivity index (χ1) is 13.0. The van der Waals surface area contributed by atoms with Crippen molar-refractivity contribution in [3.63, 3.8) is 0 Å². The van der Waals surface area contributed by atoms with Crippen molar-refractivity contribution in [2.24, 2.45) is 0 Å². The van der Waals surface area contributed by atoms with E-state index in [9.17, 15) is 14.4 Å². The molecule has 3 aromatic heterocycles. The zero-order valence-electron chi connectivity index (χ0n) is 14.4. The van der Waals surface area contributed by atoms with Crippen molar-refractivity contribution >= 4 is 33.4 Å². The van der Waals surface area contributed by atoms with Crippen LogP contribution in [0.2, 0.25) is 0 Å². The SMILES string of the molecule is Cc1csc2nc(COC(=O)CCn3c(=O)oc4ccccc43)cc(=O)n12. The van der Waals surface area contributed by atoms with Crippen LogP contribution in [0.25, 0.3) is 16.1 Å². The van der Waals surface area contributed by atoms with Crippen LogP contribution in [-0.2, 0) is 22.7 Å². The molecule has 0 unspecified atom stereocenters. The molecule has 0 amide bonds. The normalized spacial score (nSPS) is 11.3. The second-order valence-electron chi connectivity index (χ2n) is 5.98. The van der Waals surface area contributed by atoms with Gasteiger partial charge in [-0.15, -0.1) is 11.3 Å². The molecule has 0 aliphatic carbocycles. The Balaban J connectivity index is 1.42. The molecule has 4 rings (SSSR count). The Morgan fingerprint density at radius 3 is 2.96 bits per heavy atom. The van der Waals surface area contributed by atoms with E-state index in [0.717, 1.165) is 5.69 Å². The average molecular weight is 385 g/mol. The number of esters is 1. The summed E-state index contributed by atoms with van der Waals surface area (Å²) >= 11 is 1.35. The molecule has 0 radical (unpaired) electrons. The molecule has 0 spiro atoms. The summed E-state index contributed by atoms with van der Waals surface area (Å²) in [6.45, 7) is 1.88. The van der Waals surface area contributed by atoms with Gasteiger partial charge in [0.25, 0.3) is 5.56 Å². The second-order valence-corrected chi connectivity index (χ2v) is 6.82. The molecule has 0 aliphatic rings. The third-order valence-corrected chi connectivity index (χ3v) is 5.07. The van der Waals surface area contributed by atoms with Gasteiger partial charge in [-0.3, -0.25) is 18.6 Å². The summed E-state index contributed by atoms with van der Waals surface area (Å²) in [7, 11) is 0. The average Bonchev–Trinajstić information content (AvgIpc) is 3.18. The van der Waals surface area contributed by atoms with Crippen LogP contribution in [0.3, 0.4) is 0 Å². The topological polar surface area (TPSA) is 95.8 Å². The summed E-state index contributed by atoms with van der Waals surface area (Å²) < 4.78 is 13.2. The predicted molar refractivity (Wildman–Crippen MR) is 99.0 cm³/mol. The molecule has 0 saturated carbocycles. The molecular formula is C18H15N3O5S. The van der Waals surface area contributed by atoms with E-state index in [1.165, 1.54) is 26.4 Å². The quantitative estimate of drug-likeness (QED) is 0.488. The van der Waals surface area contributed by atoms with Gasteiger partial charge in [0.2, 0.25) is 0 Å². The third-order valence-electron chi connectivity index (χ3n) is 4.12. The van der Waals surface area contributed by atoms with Gasteiger partial charge in [0.15, 0.2) is 10.5 Å². The van der Waals surface area contributed by atoms with Gasteiger partial charge in [-0.05, 0) is 19.1 Å². The number of nitrogens with zero attached hydrogens (tertiary/aromatic N) is 3. The maximum absolute atomic E-state index is 12.1. The second kappa shape index (κ2) is 6.84. The zero-order valence-corrected chi connectivity index (χ0v) is 15.2. The van der Waals surface area contributed by atoms with E-state index < -0.39 is 11.7 Å². The lowest BCUT2D eigenvalue weighted by molar-refractivity contribution is -0.145. The van der Waals surface area contributed by atoms with Gasteiger partial charge in [-0.25, -0.2) is 9.78 Å². The van der Waals surface area contributed by atoms with Crippen LogP contribution in [0.4, 0.5) is 0 Å². The van der Waals surface area contributed by atoms with E-state index >= 15 is 0 Å². The van der Waals surface area contributed by atoms with Crippen molar-refractivity contribution < 1.29 is 13.9 Å². The van der Waals surface area contributed by atoms with E-state index in [1.807, 2.05) is 12.3 Å². The standard InChI is InChI=1S/C18H15N3O5S/c1-11-10-27-17-19-12(8-15(22)21(11)17)9-25-16(23)6-7-20-13-4-2-3-5-14(13)26-18(20)24/h2-5,8,10H,6-7,9H2,1H3. The predicted octanol–water partition coefficient (Wildman–Crippen LogP) is 2.11. The van der Waals surface area contributed by atoms with Gasteiger partial charge in [-0.2, -0.15) is 0 Å². The summed E-state index contributed by atoms with van der Waals surface area (Å²) in [5.41, 5.74) is 2.10. The van der Waals surface area contributed by atoms with Crippen molar-refractivity contribution in [3.8, 4) is 0 Å². The maximum atomic E-state index is 12.1. The number of carbonyl (C=O) groups excluding carboxylic acids is 1. The molecule has 1 aromatic carbocycles. The van der Waals surface area contributed by atoms with Crippen LogP contribution < -0.4 is 11.3 Å². The Hall–Kier alpha value is -3.20. The van der Waals surface area contributed by atoms with Crippen molar-refractivity contribution in [1.82, 2.24) is 14.0 Å². The van der Waals surface area contributed by atoms with E-state index in [1.54, 1.807) is 24.3 Å². The number of hydrogen-bond donors (Lipinski definition) is 0. The van der Waals surface area contributed by atoms with Gasteiger partial charge in [0.05, 0.1) is 17.6 Å². The highest BCUT2D eigenvalue weighted by molar-refractivity contribution is 7.15. The van der Waals surface area contributed by atoms with Crippen LogP contribution in [0.5, 0.6) is 0 Å². The Morgan fingerprint density at radius 1 is 1.30 bits per heavy atom. The van der Waals surface area contributed by atoms with Crippen molar-refractivity contribution in [2.75, 3.05) is 0 Å². The Bertz CT molecular complexity index is 1260. The minimum Gasteiger partial charge on any atom is -0.459 e. The number of para-hydroxylation sites is 2. The first kappa shape index (κ1) is 17.2. The molecule has 3 heterocycles. The monoisotopic (exact) mass is 385 g/mol. The molecule has 138 valence electrons. The van der Waals surface area contributed by atoms with Gasteiger partial charge < -0.3 is 9.15 Å². The fourth-order valence-electron chi connectivity index (χ4n) is 2.83. The van der Waals surface area contributed by atoms with Gasteiger partial charge in [-0.1, -0.05) is 12.1 Å². The van der Waals surface area contributed by atoms with Crippen molar-refractivity contribution in [3.05, 3.63) is 68.0 Å². The van der Waals surface area contributed by atoms with Crippen molar-refractivity contribution in [2.45, 2.75) is 26.5 Å². The Kier molecular flexibility index (Phi) is 4.36. The summed E-state index contributed by atoms with van der Waals surface area (Å²) in [4.78, 5) is 40.9. The molecule has 0 aliphatic heterocycles. The number of fused-ring (bicyclic) bond motifs is 2. The van der Waals surface area contributed by atoms with Crippen molar-refractivity contribution in [1.29, 1.82) is 0 Å².